The molecular weight excluding hydrogens is 327 g/mol. The minimum atomic E-state index is -0.411. The predicted octanol–water partition coefficient (Wildman–Crippen LogP) is 2.81. The van der Waals surface area contributed by atoms with Crippen molar-refractivity contribution in [2.75, 3.05) is 31.1 Å². The maximum atomic E-state index is 12.9. The normalized spacial score (nSPS) is 19.9. The predicted molar refractivity (Wildman–Crippen MR) is 90.7 cm³/mol. The van der Waals surface area contributed by atoms with Gasteiger partial charge in [0.15, 0.2) is 5.82 Å². The first-order valence-electron chi connectivity index (χ1n) is 8.19. The van der Waals surface area contributed by atoms with Gasteiger partial charge in [0.2, 0.25) is 5.95 Å². The van der Waals surface area contributed by atoms with Gasteiger partial charge in [-0.2, -0.15) is 11.3 Å². The number of carbonyl (C=O) groups excluding carboxylic acids is 1. The molecule has 0 radical (unpaired) electrons. The number of piperidine rings is 1. The van der Waals surface area contributed by atoms with Crippen LogP contribution in [0.15, 0.2) is 29.2 Å². The molecule has 0 atom stereocenters. The summed E-state index contributed by atoms with van der Waals surface area (Å²) in [6.45, 7) is 3.37. The Morgan fingerprint density at radius 1 is 1.17 bits per heavy atom. The number of carbonyl (C=O) groups is 1. The van der Waals surface area contributed by atoms with E-state index in [2.05, 4.69) is 14.9 Å². The van der Waals surface area contributed by atoms with Crippen molar-refractivity contribution < 1.29 is 9.18 Å². The summed E-state index contributed by atoms with van der Waals surface area (Å²) in [5.41, 5.74) is 1.01. The van der Waals surface area contributed by atoms with Crippen LogP contribution in [0.1, 0.15) is 29.6 Å². The Hall–Kier alpha value is -2.02. The van der Waals surface area contributed by atoms with Crippen molar-refractivity contribution in [3.05, 3.63) is 40.6 Å². The molecule has 4 rings (SSSR count). The fourth-order valence-electron chi connectivity index (χ4n) is 3.74. The molecular formula is C17H19FN4OS. The van der Waals surface area contributed by atoms with E-state index in [-0.39, 0.29) is 11.3 Å². The summed E-state index contributed by atoms with van der Waals surface area (Å²) < 4.78 is 12.9. The molecule has 2 saturated heterocycles. The van der Waals surface area contributed by atoms with Crippen molar-refractivity contribution in [3.8, 4) is 0 Å². The Labute approximate surface area is 144 Å². The monoisotopic (exact) mass is 346 g/mol. The van der Waals surface area contributed by atoms with Crippen LogP contribution in [0.25, 0.3) is 0 Å². The average Bonchev–Trinajstić information content (AvgIpc) is 3.27. The number of anilines is 1. The van der Waals surface area contributed by atoms with E-state index in [1.807, 2.05) is 21.7 Å². The Morgan fingerprint density at radius 3 is 2.54 bits per heavy atom. The summed E-state index contributed by atoms with van der Waals surface area (Å²) in [4.78, 5) is 24.8. The minimum absolute atomic E-state index is 0.150. The van der Waals surface area contributed by atoms with Gasteiger partial charge in [0, 0.05) is 31.6 Å². The Morgan fingerprint density at radius 2 is 1.88 bits per heavy atom. The highest BCUT2D eigenvalue weighted by molar-refractivity contribution is 7.08. The van der Waals surface area contributed by atoms with Gasteiger partial charge in [0.25, 0.3) is 5.91 Å². The molecule has 24 heavy (non-hydrogen) atoms. The Bertz CT molecular complexity index is 711. The molecule has 1 amide bonds. The largest absolute Gasteiger partial charge is 0.341 e. The highest BCUT2D eigenvalue weighted by Crippen LogP contribution is 2.41. The first kappa shape index (κ1) is 15.5. The molecule has 4 heterocycles. The van der Waals surface area contributed by atoms with Crippen molar-refractivity contribution in [3.63, 3.8) is 0 Å². The number of amides is 1. The van der Waals surface area contributed by atoms with Crippen LogP contribution in [0.4, 0.5) is 10.3 Å². The maximum absolute atomic E-state index is 12.9. The van der Waals surface area contributed by atoms with Gasteiger partial charge in [0.05, 0.1) is 18.0 Å². The first-order chi connectivity index (χ1) is 11.7. The molecule has 0 bridgehead atoms. The second kappa shape index (κ2) is 6.12. The molecule has 2 fully saturated rings. The molecule has 126 valence electrons. The van der Waals surface area contributed by atoms with Gasteiger partial charge in [-0.3, -0.25) is 4.79 Å². The highest BCUT2D eigenvalue weighted by Gasteiger charge is 2.42. The smallest absolute Gasteiger partial charge is 0.254 e. The lowest BCUT2D eigenvalue weighted by Gasteiger charge is -2.39. The Kier molecular flexibility index (Phi) is 3.96. The zero-order valence-electron chi connectivity index (χ0n) is 13.3. The van der Waals surface area contributed by atoms with Gasteiger partial charge in [-0.25, -0.2) is 14.4 Å². The first-order valence-corrected chi connectivity index (χ1v) is 9.14. The van der Waals surface area contributed by atoms with Crippen LogP contribution in [0.2, 0.25) is 0 Å². The minimum Gasteiger partial charge on any atom is -0.341 e. The molecule has 0 N–H and O–H groups in total. The molecule has 1 spiro atoms. The van der Waals surface area contributed by atoms with E-state index < -0.39 is 5.82 Å². The zero-order valence-corrected chi connectivity index (χ0v) is 14.1. The van der Waals surface area contributed by atoms with E-state index in [0.29, 0.717) is 5.95 Å². The van der Waals surface area contributed by atoms with Crippen LogP contribution >= 0.6 is 11.3 Å². The number of likely N-dealkylation sites (tertiary alicyclic amines) is 1. The number of aromatic nitrogens is 2. The van der Waals surface area contributed by atoms with Gasteiger partial charge >= 0.3 is 0 Å². The summed E-state index contributed by atoms with van der Waals surface area (Å²) >= 11 is 1.56. The second-order valence-corrected chi connectivity index (χ2v) is 7.46. The highest BCUT2D eigenvalue weighted by atomic mass is 32.1. The molecule has 0 aromatic carbocycles. The van der Waals surface area contributed by atoms with Crippen molar-refractivity contribution in [2.24, 2.45) is 5.41 Å². The molecule has 2 aliphatic rings. The van der Waals surface area contributed by atoms with E-state index in [9.17, 15) is 9.18 Å². The van der Waals surface area contributed by atoms with E-state index >= 15 is 0 Å². The van der Waals surface area contributed by atoms with E-state index in [1.54, 1.807) is 11.3 Å². The summed E-state index contributed by atoms with van der Waals surface area (Å²) in [5.74, 6) is 0.332. The molecule has 7 heteroatoms. The lowest BCUT2D eigenvalue weighted by atomic mass is 9.78. The van der Waals surface area contributed by atoms with E-state index in [0.717, 1.165) is 51.0 Å². The second-order valence-electron chi connectivity index (χ2n) is 6.68. The molecule has 5 nitrogen and oxygen atoms in total. The van der Waals surface area contributed by atoms with Crippen molar-refractivity contribution in [1.82, 2.24) is 14.9 Å². The van der Waals surface area contributed by atoms with E-state index in [4.69, 9.17) is 0 Å². The summed E-state index contributed by atoms with van der Waals surface area (Å²) in [7, 11) is 0. The molecule has 2 aromatic heterocycles. The Balaban J connectivity index is 1.39. The van der Waals surface area contributed by atoms with Crippen LogP contribution in [0.5, 0.6) is 0 Å². The third-order valence-corrected chi connectivity index (χ3v) is 5.89. The van der Waals surface area contributed by atoms with Crippen molar-refractivity contribution >= 4 is 23.2 Å². The van der Waals surface area contributed by atoms with Crippen LogP contribution in [0, 0.1) is 11.2 Å². The maximum Gasteiger partial charge on any atom is 0.254 e. The molecule has 2 aliphatic heterocycles. The number of nitrogens with zero attached hydrogens (tertiary/aromatic N) is 4. The zero-order chi connectivity index (χ0) is 16.6. The van der Waals surface area contributed by atoms with Gasteiger partial charge < -0.3 is 9.80 Å². The number of hydrogen-bond donors (Lipinski definition) is 0. The quantitative estimate of drug-likeness (QED) is 0.839. The van der Waals surface area contributed by atoms with Crippen LogP contribution in [-0.4, -0.2) is 47.0 Å². The number of thiophene rings is 1. The van der Waals surface area contributed by atoms with Crippen molar-refractivity contribution in [1.29, 1.82) is 0 Å². The SMILES string of the molecule is O=C(c1ccsc1)N1CCC2(CCN(c3ncc(F)cn3)CC2)C1. The van der Waals surface area contributed by atoms with Crippen LogP contribution < -0.4 is 4.90 Å². The molecule has 0 aliphatic carbocycles. The average molecular weight is 346 g/mol. The van der Waals surface area contributed by atoms with Crippen molar-refractivity contribution in [2.45, 2.75) is 19.3 Å². The molecule has 0 saturated carbocycles. The molecule has 0 unspecified atom stereocenters. The lowest BCUT2D eigenvalue weighted by molar-refractivity contribution is 0.0765. The van der Waals surface area contributed by atoms with Crippen LogP contribution in [-0.2, 0) is 0 Å². The summed E-state index contributed by atoms with van der Waals surface area (Å²) in [6, 6.07) is 1.90. The van der Waals surface area contributed by atoms with E-state index in [1.165, 1.54) is 12.4 Å². The summed E-state index contributed by atoms with van der Waals surface area (Å²) in [6.07, 6.45) is 5.51. The third-order valence-electron chi connectivity index (χ3n) is 5.21. The fraction of sp³-hybridized carbons (Fsp3) is 0.471. The van der Waals surface area contributed by atoms with Crippen LogP contribution in [0.3, 0.4) is 0 Å². The number of hydrogen-bond acceptors (Lipinski definition) is 5. The van der Waals surface area contributed by atoms with Gasteiger partial charge in [0.1, 0.15) is 0 Å². The lowest BCUT2D eigenvalue weighted by Crippen LogP contribution is -2.42. The fourth-order valence-corrected chi connectivity index (χ4v) is 4.36. The number of rotatable bonds is 2. The van der Waals surface area contributed by atoms with Gasteiger partial charge in [-0.15, -0.1) is 0 Å². The van der Waals surface area contributed by atoms with Gasteiger partial charge in [-0.1, -0.05) is 0 Å². The topological polar surface area (TPSA) is 49.3 Å². The number of halogens is 1. The van der Waals surface area contributed by atoms with Gasteiger partial charge in [-0.05, 0) is 36.1 Å². The third kappa shape index (κ3) is 2.88. The molecule has 2 aromatic rings. The summed E-state index contributed by atoms with van der Waals surface area (Å²) in [5, 5.41) is 3.86. The standard InChI is InChI=1S/C17H19FN4OS/c18-14-9-19-16(20-10-14)21-5-2-17(3-6-21)4-7-22(12-17)15(23)13-1-8-24-11-13/h1,8-11H,2-7,12H2.